The van der Waals surface area contributed by atoms with Crippen LogP contribution in [-0.4, -0.2) is 38.6 Å². The summed E-state index contributed by atoms with van der Waals surface area (Å²) in [5, 5.41) is 15.0. The van der Waals surface area contributed by atoms with Gasteiger partial charge in [0.05, 0.1) is 30.6 Å². The fourth-order valence-corrected chi connectivity index (χ4v) is 2.79. The average Bonchev–Trinajstić information content (AvgIpc) is 2.68. The lowest BCUT2D eigenvalue weighted by molar-refractivity contribution is -0.881. The van der Waals surface area contributed by atoms with E-state index in [9.17, 15) is 9.59 Å². The Kier molecular flexibility index (Phi) is 7.81. The molecule has 0 aliphatic rings. The van der Waals surface area contributed by atoms with E-state index >= 15 is 0 Å². The summed E-state index contributed by atoms with van der Waals surface area (Å²) in [7, 11) is 1.53. The summed E-state index contributed by atoms with van der Waals surface area (Å²) >= 11 is 5.93. The Morgan fingerprint density at radius 1 is 1.11 bits per heavy atom. The molecule has 0 radical (unpaired) electrons. The van der Waals surface area contributed by atoms with Crippen LogP contribution in [0, 0.1) is 11.3 Å². The summed E-state index contributed by atoms with van der Waals surface area (Å²) in [6, 6.07) is 13.8. The minimum atomic E-state index is -0.305. The van der Waals surface area contributed by atoms with E-state index in [0.29, 0.717) is 34.3 Å². The fourth-order valence-electron chi connectivity index (χ4n) is 2.62. The predicted molar refractivity (Wildman–Crippen MR) is 108 cm³/mol. The van der Waals surface area contributed by atoms with Crippen molar-refractivity contribution in [1.82, 2.24) is 0 Å². The van der Waals surface area contributed by atoms with Crippen LogP contribution in [0.25, 0.3) is 0 Å². The van der Waals surface area contributed by atoms with Crippen molar-refractivity contribution in [2.45, 2.75) is 6.92 Å². The molecule has 8 heteroatoms. The third-order valence-electron chi connectivity index (χ3n) is 4.08. The lowest BCUT2D eigenvalue weighted by atomic mass is 10.2. The molecule has 0 spiro atoms. The van der Waals surface area contributed by atoms with Crippen LogP contribution in [0.3, 0.4) is 0 Å². The summed E-state index contributed by atoms with van der Waals surface area (Å²) in [4.78, 5) is 25.5. The molecule has 0 aliphatic heterocycles. The summed E-state index contributed by atoms with van der Waals surface area (Å²) in [5.74, 6) is 0.0342. The molecule has 3 N–H and O–H groups in total. The zero-order valence-electron chi connectivity index (χ0n) is 15.7. The molecule has 0 aliphatic carbocycles. The number of amides is 2. The minimum absolute atomic E-state index is 0.0766. The number of carbonyl (C=O) groups excluding carboxylic acids is 2. The average molecular weight is 402 g/mol. The van der Waals surface area contributed by atoms with Gasteiger partial charge in [-0.05, 0) is 37.3 Å². The first-order chi connectivity index (χ1) is 13.5. The number of likely N-dealkylation sites (N-methyl/N-ethyl adjacent to an activating group) is 1. The van der Waals surface area contributed by atoms with Gasteiger partial charge in [0, 0.05) is 5.02 Å². The molecule has 1 atom stereocenters. The molecule has 0 saturated heterocycles. The normalized spacial score (nSPS) is 11.2. The molecule has 2 aromatic rings. The Morgan fingerprint density at radius 3 is 2.36 bits per heavy atom. The third-order valence-corrected chi connectivity index (χ3v) is 4.31. The highest BCUT2D eigenvalue weighted by Gasteiger charge is 2.18. The maximum atomic E-state index is 12.4. The number of hydrogen-bond acceptors (Lipinski definition) is 4. The Morgan fingerprint density at radius 2 is 1.75 bits per heavy atom. The standard InChI is InChI=1S/C20H21ClN4O3/c1-3-25(12-19(26)23-16-6-4-5-7-18(16)28-2)13-20(27)24-17-10-15(21)9-8-14(17)11-22/h4-10H,3,12-13H2,1-2H3,(H,23,26)(H,24,27)/p+1. The number of quaternary nitrogens is 1. The fraction of sp³-hybridized carbons (Fsp3) is 0.250. The summed E-state index contributed by atoms with van der Waals surface area (Å²) in [6.07, 6.45) is 0. The second-order valence-electron chi connectivity index (χ2n) is 6.06. The number of para-hydroxylation sites is 2. The molecule has 7 nitrogen and oxygen atoms in total. The molecule has 2 rings (SSSR count). The molecule has 0 fully saturated rings. The van der Waals surface area contributed by atoms with Crippen molar-refractivity contribution < 1.29 is 19.2 Å². The van der Waals surface area contributed by atoms with Crippen molar-refractivity contribution in [3.63, 3.8) is 0 Å². The molecule has 146 valence electrons. The van der Waals surface area contributed by atoms with Crippen LogP contribution in [0.4, 0.5) is 11.4 Å². The van der Waals surface area contributed by atoms with E-state index in [1.807, 2.05) is 19.1 Å². The summed E-state index contributed by atoms with van der Waals surface area (Å²) in [5.41, 5.74) is 1.26. The number of nitrogens with one attached hydrogen (secondary N) is 3. The van der Waals surface area contributed by atoms with Gasteiger partial charge < -0.3 is 20.3 Å². The van der Waals surface area contributed by atoms with E-state index in [1.165, 1.54) is 13.2 Å². The maximum Gasteiger partial charge on any atom is 0.279 e. The van der Waals surface area contributed by atoms with Crippen molar-refractivity contribution in [2.75, 3.05) is 37.4 Å². The zero-order chi connectivity index (χ0) is 20.5. The van der Waals surface area contributed by atoms with E-state index in [4.69, 9.17) is 21.6 Å². The first-order valence-corrected chi connectivity index (χ1v) is 9.10. The second kappa shape index (κ2) is 10.3. The molecule has 0 heterocycles. The lowest BCUT2D eigenvalue weighted by Crippen LogP contribution is -3.13. The van der Waals surface area contributed by atoms with Gasteiger partial charge in [0.1, 0.15) is 11.8 Å². The van der Waals surface area contributed by atoms with Gasteiger partial charge >= 0.3 is 0 Å². The topological polar surface area (TPSA) is 95.7 Å². The first kappa shape index (κ1) is 21.2. The largest absolute Gasteiger partial charge is 0.495 e. The summed E-state index contributed by atoms with van der Waals surface area (Å²) < 4.78 is 5.22. The molecule has 0 bridgehead atoms. The van der Waals surface area contributed by atoms with Crippen LogP contribution in [0.5, 0.6) is 5.75 Å². The van der Waals surface area contributed by atoms with Crippen LogP contribution >= 0.6 is 11.6 Å². The van der Waals surface area contributed by atoms with Crippen LogP contribution in [0.2, 0.25) is 5.02 Å². The van der Waals surface area contributed by atoms with Gasteiger partial charge in [-0.15, -0.1) is 0 Å². The molecule has 0 aromatic heterocycles. The van der Waals surface area contributed by atoms with Crippen LogP contribution in [0.15, 0.2) is 42.5 Å². The van der Waals surface area contributed by atoms with E-state index in [-0.39, 0.29) is 24.9 Å². The van der Waals surface area contributed by atoms with E-state index in [2.05, 4.69) is 10.6 Å². The van der Waals surface area contributed by atoms with E-state index in [0.717, 1.165) is 4.90 Å². The maximum absolute atomic E-state index is 12.4. The number of ether oxygens (including phenoxy) is 1. The second-order valence-corrected chi connectivity index (χ2v) is 6.49. The number of anilines is 2. The van der Waals surface area contributed by atoms with Gasteiger partial charge in [-0.3, -0.25) is 9.59 Å². The molecule has 0 saturated carbocycles. The van der Waals surface area contributed by atoms with E-state index in [1.54, 1.807) is 30.3 Å². The highest BCUT2D eigenvalue weighted by Crippen LogP contribution is 2.22. The smallest absolute Gasteiger partial charge is 0.279 e. The van der Waals surface area contributed by atoms with Crippen LogP contribution in [-0.2, 0) is 9.59 Å². The molecular weight excluding hydrogens is 380 g/mol. The van der Waals surface area contributed by atoms with Crippen LogP contribution in [0.1, 0.15) is 12.5 Å². The SMILES string of the molecule is CC[NH+](CC(=O)Nc1cc(Cl)ccc1C#N)CC(=O)Nc1ccccc1OC. The van der Waals surface area contributed by atoms with Gasteiger partial charge in [-0.1, -0.05) is 23.7 Å². The predicted octanol–water partition coefficient (Wildman–Crippen LogP) is 1.70. The minimum Gasteiger partial charge on any atom is -0.495 e. The van der Waals surface area contributed by atoms with Crippen molar-refractivity contribution in [1.29, 1.82) is 5.26 Å². The molecule has 2 amide bonds. The van der Waals surface area contributed by atoms with Crippen LogP contribution < -0.4 is 20.3 Å². The van der Waals surface area contributed by atoms with Crippen molar-refractivity contribution >= 4 is 34.8 Å². The molecular formula is C20H22ClN4O3+. The Hall–Kier alpha value is -3.08. The van der Waals surface area contributed by atoms with Gasteiger partial charge in [-0.25, -0.2) is 0 Å². The quantitative estimate of drug-likeness (QED) is 0.627. The zero-order valence-corrected chi connectivity index (χ0v) is 16.5. The highest BCUT2D eigenvalue weighted by molar-refractivity contribution is 6.31. The number of hydrogen-bond donors (Lipinski definition) is 3. The highest BCUT2D eigenvalue weighted by atomic mass is 35.5. The van der Waals surface area contributed by atoms with Crippen molar-refractivity contribution in [3.8, 4) is 11.8 Å². The monoisotopic (exact) mass is 401 g/mol. The number of methoxy groups -OCH3 is 1. The van der Waals surface area contributed by atoms with Gasteiger partial charge in [0.15, 0.2) is 13.1 Å². The lowest BCUT2D eigenvalue weighted by Gasteiger charge is -2.17. The van der Waals surface area contributed by atoms with Crippen molar-refractivity contribution in [2.24, 2.45) is 0 Å². The van der Waals surface area contributed by atoms with Gasteiger partial charge in [0.25, 0.3) is 11.8 Å². The van der Waals surface area contributed by atoms with Gasteiger partial charge in [0.2, 0.25) is 0 Å². The van der Waals surface area contributed by atoms with E-state index < -0.39 is 0 Å². The van der Waals surface area contributed by atoms with Gasteiger partial charge in [-0.2, -0.15) is 5.26 Å². The number of halogens is 1. The third kappa shape index (κ3) is 5.98. The Bertz CT molecular complexity index is 895. The number of rotatable bonds is 8. The molecule has 1 unspecified atom stereocenters. The Labute approximate surface area is 168 Å². The number of benzene rings is 2. The van der Waals surface area contributed by atoms with Crippen molar-refractivity contribution in [3.05, 3.63) is 53.1 Å². The summed E-state index contributed by atoms with van der Waals surface area (Å²) in [6.45, 7) is 2.66. The molecule has 28 heavy (non-hydrogen) atoms. The number of nitriles is 1. The number of carbonyl (C=O) groups is 2. The first-order valence-electron chi connectivity index (χ1n) is 8.72. The Balaban J connectivity index is 1.96. The number of nitrogens with zero attached hydrogens (tertiary/aromatic N) is 1. The molecule has 2 aromatic carbocycles.